The van der Waals surface area contributed by atoms with Gasteiger partial charge in [0.05, 0.1) is 16.4 Å². The molecule has 0 fully saturated rings. The lowest BCUT2D eigenvalue weighted by atomic mass is 9.90. The minimum Gasteiger partial charge on any atom is -0.324 e. The molecule has 0 aliphatic heterocycles. The van der Waals surface area contributed by atoms with Crippen LogP contribution >= 0.6 is 23.2 Å². The van der Waals surface area contributed by atoms with E-state index in [9.17, 15) is 18.4 Å². The van der Waals surface area contributed by atoms with Crippen molar-refractivity contribution in [2.45, 2.75) is 13.8 Å². The number of benzene rings is 2. The third-order valence-electron chi connectivity index (χ3n) is 3.49. The van der Waals surface area contributed by atoms with Gasteiger partial charge in [-0.1, -0.05) is 23.2 Å². The first kappa shape index (κ1) is 19.1. The van der Waals surface area contributed by atoms with Crippen LogP contribution in [0.1, 0.15) is 13.8 Å². The summed E-state index contributed by atoms with van der Waals surface area (Å²) >= 11 is 11.8. The Morgan fingerprint density at radius 1 is 0.920 bits per heavy atom. The largest absolute Gasteiger partial charge is 0.324 e. The highest BCUT2D eigenvalue weighted by molar-refractivity contribution is 6.36. The zero-order chi connectivity index (χ0) is 18.8. The summed E-state index contributed by atoms with van der Waals surface area (Å²) in [6.07, 6.45) is 0. The number of hydrogen-bond acceptors (Lipinski definition) is 2. The van der Waals surface area contributed by atoms with E-state index in [4.69, 9.17) is 23.2 Å². The molecule has 0 atom stereocenters. The average Bonchev–Trinajstić information content (AvgIpc) is 2.52. The first-order chi connectivity index (χ1) is 11.6. The standard InChI is InChI=1S/C17H14Cl2F2N2O2/c1-17(2,15(24)22-13-5-3-9(18)7-11(13)19)16(25)23-14-6-4-10(20)8-12(14)21/h3-8H,1-2H3,(H,22,24)(H,23,25). The van der Waals surface area contributed by atoms with Crippen molar-refractivity contribution in [2.24, 2.45) is 5.41 Å². The Balaban J connectivity index is 2.15. The van der Waals surface area contributed by atoms with Gasteiger partial charge in [-0.05, 0) is 44.2 Å². The second kappa shape index (κ2) is 7.37. The van der Waals surface area contributed by atoms with Crippen molar-refractivity contribution in [1.29, 1.82) is 0 Å². The quantitative estimate of drug-likeness (QED) is 0.735. The van der Waals surface area contributed by atoms with Crippen LogP contribution in [0.4, 0.5) is 20.2 Å². The highest BCUT2D eigenvalue weighted by Gasteiger charge is 2.36. The van der Waals surface area contributed by atoms with E-state index < -0.39 is 28.9 Å². The Bertz CT molecular complexity index is 774. The van der Waals surface area contributed by atoms with Crippen LogP contribution in [0, 0.1) is 17.0 Å². The SMILES string of the molecule is CC(C)(C(=O)Nc1ccc(F)cc1F)C(=O)Nc1ccc(Cl)cc1Cl. The van der Waals surface area contributed by atoms with Crippen LogP contribution in [-0.4, -0.2) is 11.8 Å². The zero-order valence-electron chi connectivity index (χ0n) is 13.3. The molecule has 25 heavy (non-hydrogen) atoms. The second-order valence-electron chi connectivity index (χ2n) is 5.78. The van der Waals surface area contributed by atoms with Crippen molar-refractivity contribution in [3.8, 4) is 0 Å². The van der Waals surface area contributed by atoms with E-state index >= 15 is 0 Å². The van der Waals surface area contributed by atoms with Crippen molar-refractivity contribution in [2.75, 3.05) is 10.6 Å². The number of anilines is 2. The lowest BCUT2D eigenvalue weighted by Gasteiger charge is -2.23. The molecule has 2 N–H and O–H groups in total. The van der Waals surface area contributed by atoms with E-state index in [1.807, 2.05) is 0 Å². The van der Waals surface area contributed by atoms with Gasteiger partial charge < -0.3 is 10.6 Å². The number of carbonyl (C=O) groups excluding carboxylic acids is 2. The lowest BCUT2D eigenvalue weighted by molar-refractivity contribution is -0.135. The van der Waals surface area contributed by atoms with Gasteiger partial charge in [0.15, 0.2) is 0 Å². The highest BCUT2D eigenvalue weighted by Crippen LogP contribution is 2.28. The molecule has 0 aliphatic rings. The fourth-order valence-electron chi connectivity index (χ4n) is 1.84. The lowest BCUT2D eigenvalue weighted by Crippen LogP contribution is -2.41. The molecular weight excluding hydrogens is 373 g/mol. The summed E-state index contributed by atoms with van der Waals surface area (Å²) in [4.78, 5) is 24.8. The van der Waals surface area contributed by atoms with Crippen molar-refractivity contribution >= 4 is 46.4 Å². The normalized spacial score (nSPS) is 11.1. The maximum absolute atomic E-state index is 13.7. The molecule has 0 heterocycles. The number of amides is 2. The Morgan fingerprint density at radius 3 is 2.04 bits per heavy atom. The van der Waals surface area contributed by atoms with Crippen LogP contribution in [0.15, 0.2) is 36.4 Å². The molecule has 0 aromatic heterocycles. The molecule has 2 rings (SSSR count). The molecule has 2 amide bonds. The fraction of sp³-hybridized carbons (Fsp3) is 0.176. The molecule has 0 saturated heterocycles. The summed E-state index contributed by atoms with van der Waals surface area (Å²) in [6, 6.07) is 7.18. The van der Waals surface area contributed by atoms with Gasteiger partial charge in [-0.15, -0.1) is 0 Å². The predicted molar refractivity (Wildman–Crippen MR) is 93.9 cm³/mol. The van der Waals surface area contributed by atoms with Gasteiger partial charge >= 0.3 is 0 Å². The molecule has 2 aromatic rings. The molecule has 0 aliphatic carbocycles. The first-order valence-corrected chi connectivity index (χ1v) is 7.90. The Kier molecular flexibility index (Phi) is 5.65. The van der Waals surface area contributed by atoms with Crippen LogP contribution < -0.4 is 10.6 Å². The number of halogens is 4. The van der Waals surface area contributed by atoms with E-state index in [2.05, 4.69) is 10.6 Å². The number of carbonyl (C=O) groups is 2. The van der Waals surface area contributed by atoms with E-state index in [1.54, 1.807) is 0 Å². The molecule has 0 saturated carbocycles. The van der Waals surface area contributed by atoms with E-state index in [0.29, 0.717) is 11.1 Å². The Labute approximate surface area is 153 Å². The van der Waals surface area contributed by atoms with Crippen LogP contribution in [0.2, 0.25) is 10.0 Å². The van der Waals surface area contributed by atoms with Gasteiger partial charge in [-0.3, -0.25) is 9.59 Å². The maximum atomic E-state index is 13.7. The molecule has 0 spiro atoms. The molecule has 132 valence electrons. The monoisotopic (exact) mass is 386 g/mol. The molecule has 0 unspecified atom stereocenters. The topological polar surface area (TPSA) is 58.2 Å². The van der Waals surface area contributed by atoms with Gasteiger partial charge in [0.2, 0.25) is 11.8 Å². The smallest absolute Gasteiger partial charge is 0.239 e. The highest BCUT2D eigenvalue weighted by atomic mass is 35.5. The Morgan fingerprint density at radius 2 is 1.48 bits per heavy atom. The van der Waals surface area contributed by atoms with Crippen LogP contribution in [0.25, 0.3) is 0 Å². The van der Waals surface area contributed by atoms with Crippen LogP contribution in [-0.2, 0) is 9.59 Å². The minimum absolute atomic E-state index is 0.210. The van der Waals surface area contributed by atoms with Gasteiger partial charge in [0.1, 0.15) is 17.0 Å². The van der Waals surface area contributed by atoms with Crippen molar-refractivity contribution in [1.82, 2.24) is 0 Å². The number of nitrogens with one attached hydrogen (secondary N) is 2. The van der Waals surface area contributed by atoms with E-state index in [0.717, 1.165) is 12.1 Å². The second-order valence-corrected chi connectivity index (χ2v) is 6.63. The van der Waals surface area contributed by atoms with Gasteiger partial charge in [-0.2, -0.15) is 0 Å². The average molecular weight is 387 g/mol. The number of hydrogen-bond donors (Lipinski definition) is 2. The summed E-state index contributed by atoms with van der Waals surface area (Å²) in [5, 5.41) is 5.40. The first-order valence-electron chi connectivity index (χ1n) is 7.14. The number of rotatable bonds is 4. The predicted octanol–water partition coefficient (Wildman–Crippen LogP) is 4.88. The fourth-order valence-corrected chi connectivity index (χ4v) is 2.30. The van der Waals surface area contributed by atoms with Gasteiger partial charge in [-0.25, -0.2) is 8.78 Å². The summed E-state index contributed by atoms with van der Waals surface area (Å²) in [6.45, 7) is 2.73. The third-order valence-corrected chi connectivity index (χ3v) is 4.04. The maximum Gasteiger partial charge on any atom is 0.239 e. The van der Waals surface area contributed by atoms with Gasteiger partial charge in [0, 0.05) is 11.1 Å². The van der Waals surface area contributed by atoms with Crippen LogP contribution in [0.5, 0.6) is 0 Å². The Hall–Kier alpha value is -2.18. The summed E-state index contributed by atoms with van der Waals surface area (Å²) in [7, 11) is 0. The summed E-state index contributed by atoms with van der Waals surface area (Å²) in [5.41, 5.74) is -1.49. The molecule has 0 bridgehead atoms. The van der Waals surface area contributed by atoms with Crippen molar-refractivity contribution < 1.29 is 18.4 Å². The van der Waals surface area contributed by atoms with Gasteiger partial charge in [0.25, 0.3) is 0 Å². The van der Waals surface area contributed by atoms with E-state index in [-0.39, 0.29) is 16.4 Å². The van der Waals surface area contributed by atoms with Crippen molar-refractivity contribution in [3.63, 3.8) is 0 Å². The van der Waals surface area contributed by atoms with E-state index in [1.165, 1.54) is 32.0 Å². The molecule has 0 radical (unpaired) electrons. The molecular formula is C17H14Cl2F2N2O2. The van der Waals surface area contributed by atoms with Crippen molar-refractivity contribution in [3.05, 3.63) is 58.1 Å². The molecule has 2 aromatic carbocycles. The summed E-state index contributed by atoms with van der Waals surface area (Å²) in [5.74, 6) is -3.13. The third kappa shape index (κ3) is 4.46. The molecule has 8 heteroatoms. The minimum atomic E-state index is -1.55. The van der Waals surface area contributed by atoms with Crippen LogP contribution in [0.3, 0.4) is 0 Å². The molecule has 4 nitrogen and oxygen atoms in total. The summed E-state index contributed by atoms with van der Waals surface area (Å²) < 4.78 is 26.6. The zero-order valence-corrected chi connectivity index (χ0v) is 14.8.